The third kappa shape index (κ3) is 9.20. The van der Waals surface area contributed by atoms with E-state index in [1.54, 1.807) is 6.92 Å². The number of carbonyl (C=O) groups is 1. The summed E-state index contributed by atoms with van der Waals surface area (Å²) in [6.45, 7) is 2.12. The van der Waals surface area contributed by atoms with Crippen LogP contribution < -0.4 is 0 Å². The van der Waals surface area contributed by atoms with E-state index in [2.05, 4.69) is 0 Å². The predicted octanol–water partition coefficient (Wildman–Crippen LogP) is 3.70. The van der Waals surface area contributed by atoms with Crippen LogP contribution in [-0.2, 0) is 9.53 Å². The lowest BCUT2D eigenvalue weighted by Gasteiger charge is -2.14. The van der Waals surface area contributed by atoms with E-state index < -0.39 is 3.79 Å². The van der Waals surface area contributed by atoms with Crippen molar-refractivity contribution in [3.63, 3.8) is 0 Å². The molecule has 14 heavy (non-hydrogen) atoms. The predicted molar refractivity (Wildman–Crippen MR) is 60.4 cm³/mol. The zero-order valence-corrected chi connectivity index (χ0v) is 10.8. The molecule has 0 radical (unpaired) electrons. The number of hydrogen-bond donors (Lipinski definition) is 0. The molecule has 0 heterocycles. The van der Waals surface area contributed by atoms with Gasteiger partial charge in [-0.3, -0.25) is 4.79 Å². The molecule has 0 aliphatic heterocycles. The summed E-state index contributed by atoms with van der Waals surface area (Å²) in [4.78, 5) is 10.9. The van der Waals surface area contributed by atoms with Crippen molar-refractivity contribution in [2.24, 2.45) is 0 Å². The van der Waals surface area contributed by atoms with Crippen LogP contribution in [0.25, 0.3) is 0 Å². The highest BCUT2D eigenvalue weighted by atomic mass is 35.6. The van der Waals surface area contributed by atoms with E-state index in [1.807, 2.05) is 0 Å². The molecule has 0 aliphatic carbocycles. The molecule has 0 aliphatic rings. The molecule has 1 unspecified atom stereocenters. The summed E-state index contributed by atoms with van der Waals surface area (Å²) in [5, 5.41) is -0.327. The first-order chi connectivity index (χ1) is 6.35. The molecule has 1 atom stereocenters. The van der Waals surface area contributed by atoms with Gasteiger partial charge in [0.15, 0.2) is 3.79 Å². The van der Waals surface area contributed by atoms with Crippen molar-refractivity contribution in [3.8, 4) is 0 Å². The van der Waals surface area contributed by atoms with Crippen LogP contribution >= 0.6 is 46.4 Å². The summed E-state index contributed by atoms with van der Waals surface area (Å²) >= 11 is 22.5. The normalized spacial score (nSPS) is 13.8. The highest BCUT2D eigenvalue weighted by molar-refractivity contribution is 6.67. The second kappa shape index (κ2) is 7.00. The van der Waals surface area contributed by atoms with Gasteiger partial charge < -0.3 is 4.74 Å². The fourth-order valence-corrected chi connectivity index (χ4v) is 2.00. The molecule has 2 nitrogen and oxygen atoms in total. The molecule has 0 aromatic carbocycles. The molecule has 0 N–H and O–H groups in total. The molecule has 0 spiro atoms. The third-order valence-electron chi connectivity index (χ3n) is 1.42. The number of hydrogen-bond acceptors (Lipinski definition) is 2. The van der Waals surface area contributed by atoms with E-state index in [0.717, 1.165) is 0 Å². The molecule has 0 fully saturated rings. The maximum atomic E-state index is 10.9. The monoisotopic (exact) mass is 280 g/mol. The largest absolute Gasteiger partial charge is 0.466 e. The average Bonchev–Trinajstić information content (AvgIpc) is 1.98. The first kappa shape index (κ1) is 14.6. The van der Waals surface area contributed by atoms with Crippen LogP contribution in [0.15, 0.2) is 0 Å². The number of esters is 1. The Labute approximate surface area is 104 Å². The minimum atomic E-state index is -1.36. The van der Waals surface area contributed by atoms with Crippen LogP contribution in [0.1, 0.15) is 26.2 Å². The van der Waals surface area contributed by atoms with Gasteiger partial charge >= 0.3 is 5.97 Å². The number of rotatable bonds is 5. The van der Waals surface area contributed by atoms with Gasteiger partial charge in [-0.15, -0.1) is 11.6 Å². The van der Waals surface area contributed by atoms with E-state index in [4.69, 9.17) is 51.1 Å². The molecule has 0 rings (SSSR count). The van der Waals surface area contributed by atoms with Gasteiger partial charge in [0.05, 0.1) is 6.61 Å². The SMILES string of the molecule is CCOC(=O)CCC(Cl)CC(Cl)(Cl)Cl. The zero-order valence-electron chi connectivity index (χ0n) is 7.73. The summed E-state index contributed by atoms with van der Waals surface area (Å²) in [6, 6.07) is 0. The molecule has 0 saturated heterocycles. The summed E-state index contributed by atoms with van der Waals surface area (Å²) in [6.07, 6.45) is 0.926. The molecular formula is C8H12Cl4O2. The third-order valence-corrected chi connectivity index (χ3v) is 2.26. The first-order valence-corrected chi connectivity index (χ1v) is 5.78. The van der Waals surface area contributed by atoms with Crippen molar-refractivity contribution >= 4 is 52.4 Å². The summed E-state index contributed by atoms with van der Waals surface area (Å²) < 4.78 is 3.37. The van der Waals surface area contributed by atoms with Gasteiger partial charge in [-0.2, -0.15) is 0 Å². The molecule has 0 amide bonds. The van der Waals surface area contributed by atoms with E-state index in [-0.39, 0.29) is 24.2 Å². The van der Waals surface area contributed by atoms with Crippen LogP contribution in [0.3, 0.4) is 0 Å². The highest BCUT2D eigenvalue weighted by Crippen LogP contribution is 2.34. The lowest BCUT2D eigenvalue weighted by molar-refractivity contribution is -0.143. The van der Waals surface area contributed by atoms with Gasteiger partial charge in [0, 0.05) is 18.2 Å². The highest BCUT2D eigenvalue weighted by Gasteiger charge is 2.24. The second-order valence-corrected chi connectivity index (χ2v) is 5.89. The van der Waals surface area contributed by atoms with Gasteiger partial charge in [0.2, 0.25) is 0 Å². The zero-order chi connectivity index (χ0) is 11.2. The number of halogens is 4. The van der Waals surface area contributed by atoms with Crippen LogP contribution in [0, 0.1) is 0 Å². The standard InChI is InChI=1S/C8H12Cl4O2/c1-2-14-7(13)4-3-6(9)5-8(10,11)12/h6H,2-5H2,1H3. The smallest absolute Gasteiger partial charge is 0.305 e. The van der Waals surface area contributed by atoms with Gasteiger partial charge in [-0.1, -0.05) is 34.8 Å². The molecular weight excluding hydrogens is 270 g/mol. The Kier molecular flexibility index (Phi) is 7.31. The Bertz CT molecular complexity index is 179. The Morgan fingerprint density at radius 2 is 2.00 bits per heavy atom. The van der Waals surface area contributed by atoms with Crippen LogP contribution in [0.5, 0.6) is 0 Å². The minimum Gasteiger partial charge on any atom is -0.466 e. The van der Waals surface area contributed by atoms with Gasteiger partial charge in [-0.05, 0) is 13.3 Å². The minimum absolute atomic E-state index is 0.221. The summed E-state index contributed by atoms with van der Waals surface area (Å²) in [7, 11) is 0. The fraction of sp³-hybridized carbons (Fsp3) is 0.875. The Hall–Kier alpha value is 0.630. The quantitative estimate of drug-likeness (QED) is 0.567. The van der Waals surface area contributed by atoms with E-state index >= 15 is 0 Å². The van der Waals surface area contributed by atoms with Crippen molar-refractivity contribution in [1.29, 1.82) is 0 Å². The van der Waals surface area contributed by atoms with Gasteiger partial charge in [0.1, 0.15) is 0 Å². The van der Waals surface area contributed by atoms with Crippen molar-refractivity contribution < 1.29 is 9.53 Å². The maximum Gasteiger partial charge on any atom is 0.305 e. The molecule has 0 aromatic heterocycles. The van der Waals surface area contributed by atoms with Crippen LogP contribution in [0.4, 0.5) is 0 Å². The topological polar surface area (TPSA) is 26.3 Å². The van der Waals surface area contributed by atoms with Crippen molar-refractivity contribution in [1.82, 2.24) is 0 Å². The van der Waals surface area contributed by atoms with Crippen LogP contribution in [-0.4, -0.2) is 21.7 Å². The molecule has 6 heteroatoms. The maximum absolute atomic E-state index is 10.9. The summed E-state index contributed by atoms with van der Waals surface area (Å²) in [5.41, 5.74) is 0. The van der Waals surface area contributed by atoms with Crippen molar-refractivity contribution in [2.45, 2.75) is 35.4 Å². The van der Waals surface area contributed by atoms with E-state index in [9.17, 15) is 4.79 Å². The molecule has 84 valence electrons. The lowest BCUT2D eigenvalue weighted by atomic mass is 10.2. The number of ether oxygens (including phenoxy) is 1. The van der Waals surface area contributed by atoms with Gasteiger partial charge in [-0.25, -0.2) is 0 Å². The number of alkyl halides is 4. The second-order valence-electron chi connectivity index (χ2n) is 2.76. The lowest BCUT2D eigenvalue weighted by Crippen LogP contribution is -2.14. The molecule has 0 aromatic rings. The van der Waals surface area contributed by atoms with Gasteiger partial charge in [0.25, 0.3) is 0 Å². The van der Waals surface area contributed by atoms with Crippen LogP contribution in [0.2, 0.25) is 0 Å². The Morgan fingerprint density at radius 1 is 1.43 bits per heavy atom. The Balaban J connectivity index is 3.63. The van der Waals surface area contributed by atoms with E-state index in [0.29, 0.717) is 13.0 Å². The average molecular weight is 282 g/mol. The summed E-state index contributed by atoms with van der Waals surface area (Å²) in [5.74, 6) is -0.275. The Morgan fingerprint density at radius 3 is 2.43 bits per heavy atom. The number of carbonyl (C=O) groups excluding carboxylic acids is 1. The first-order valence-electron chi connectivity index (χ1n) is 4.21. The van der Waals surface area contributed by atoms with Crippen molar-refractivity contribution in [2.75, 3.05) is 6.61 Å². The van der Waals surface area contributed by atoms with E-state index in [1.165, 1.54) is 0 Å². The molecule has 0 bridgehead atoms. The molecule has 0 saturated carbocycles. The fourth-order valence-electron chi connectivity index (χ4n) is 0.861. The van der Waals surface area contributed by atoms with Crippen molar-refractivity contribution in [3.05, 3.63) is 0 Å².